The lowest BCUT2D eigenvalue weighted by Gasteiger charge is -2.27. The Kier molecular flexibility index (Phi) is 4.50. The van der Waals surface area contributed by atoms with Gasteiger partial charge in [-0.15, -0.1) is 0 Å². The molecule has 1 fully saturated rings. The van der Waals surface area contributed by atoms with Gasteiger partial charge in [-0.05, 0) is 34.1 Å². The number of carbonyl (C=O) groups is 1. The number of carbonyl (C=O) groups excluding carboxylic acids is 1. The van der Waals surface area contributed by atoms with Gasteiger partial charge in [-0.2, -0.15) is 0 Å². The predicted molar refractivity (Wildman–Crippen MR) is 73.9 cm³/mol. The fourth-order valence-corrected chi connectivity index (χ4v) is 2.95. The highest BCUT2D eigenvalue weighted by atomic mass is 79.9. The molecule has 0 atom stereocenters. The van der Waals surface area contributed by atoms with Crippen molar-refractivity contribution in [2.24, 2.45) is 0 Å². The van der Waals surface area contributed by atoms with Crippen LogP contribution in [-0.4, -0.2) is 45.5 Å². The first-order valence-corrected chi connectivity index (χ1v) is 8.61. The molecule has 0 spiro atoms. The van der Waals surface area contributed by atoms with Crippen molar-refractivity contribution in [3.8, 4) is 0 Å². The highest BCUT2D eigenvalue weighted by Crippen LogP contribution is 2.24. The molecule has 1 aromatic carbocycles. The Balaban J connectivity index is 2.35. The molecule has 0 N–H and O–H groups in total. The van der Waals surface area contributed by atoms with Crippen LogP contribution in [0.5, 0.6) is 0 Å². The summed E-state index contributed by atoms with van der Waals surface area (Å²) in [4.78, 5) is 13.8. The zero-order valence-corrected chi connectivity index (χ0v) is 13.0. The molecule has 1 aliphatic rings. The molecule has 1 aromatic rings. The zero-order chi connectivity index (χ0) is 14.0. The summed E-state index contributed by atoms with van der Waals surface area (Å²) in [5.41, 5.74) is 0.281. The molecule has 0 saturated carbocycles. The van der Waals surface area contributed by atoms with Gasteiger partial charge in [0.1, 0.15) is 0 Å². The predicted octanol–water partition coefficient (Wildman–Crippen LogP) is 1.85. The number of nitrogens with zero attached hydrogens (tertiary/aromatic N) is 1. The fraction of sp³-hybridized carbons (Fsp3) is 0.364. The molecule has 19 heavy (non-hydrogen) atoms. The van der Waals surface area contributed by atoms with E-state index in [4.69, 9.17) is 15.4 Å². The molecule has 0 radical (unpaired) electrons. The minimum Gasteiger partial charge on any atom is -0.378 e. The van der Waals surface area contributed by atoms with Crippen molar-refractivity contribution >= 4 is 41.6 Å². The van der Waals surface area contributed by atoms with Crippen molar-refractivity contribution in [3.05, 3.63) is 28.2 Å². The van der Waals surface area contributed by atoms with Gasteiger partial charge in [0.25, 0.3) is 15.0 Å². The number of amides is 1. The molecule has 5 nitrogen and oxygen atoms in total. The third kappa shape index (κ3) is 3.47. The number of rotatable bonds is 2. The number of benzene rings is 1. The maximum Gasteiger partial charge on any atom is 0.261 e. The lowest BCUT2D eigenvalue weighted by atomic mass is 10.2. The molecule has 0 aromatic heterocycles. The average Bonchev–Trinajstić information content (AvgIpc) is 2.38. The first-order chi connectivity index (χ1) is 8.89. The largest absolute Gasteiger partial charge is 0.378 e. The highest BCUT2D eigenvalue weighted by Gasteiger charge is 2.22. The Bertz CT molecular complexity index is 599. The molecular formula is C11H11BrClNO4S. The SMILES string of the molecule is O=C(c1cc(S(=O)(=O)Cl)ccc1Br)N1CCOCC1. The molecular weight excluding hydrogens is 358 g/mol. The average molecular weight is 369 g/mol. The molecule has 8 heteroatoms. The van der Waals surface area contributed by atoms with E-state index in [2.05, 4.69) is 15.9 Å². The van der Waals surface area contributed by atoms with E-state index < -0.39 is 9.05 Å². The van der Waals surface area contributed by atoms with E-state index in [0.29, 0.717) is 30.8 Å². The van der Waals surface area contributed by atoms with Gasteiger partial charge in [0.2, 0.25) is 0 Å². The summed E-state index contributed by atoms with van der Waals surface area (Å²) in [6.07, 6.45) is 0. The summed E-state index contributed by atoms with van der Waals surface area (Å²) in [5.74, 6) is -0.239. The lowest BCUT2D eigenvalue weighted by Crippen LogP contribution is -2.40. The van der Waals surface area contributed by atoms with Crippen LogP contribution >= 0.6 is 26.6 Å². The van der Waals surface area contributed by atoms with Crippen molar-refractivity contribution < 1.29 is 17.9 Å². The van der Waals surface area contributed by atoms with Crippen LogP contribution in [0.3, 0.4) is 0 Å². The normalized spacial score (nSPS) is 16.4. The van der Waals surface area contributed by atoms with Gasteiger partial charge >= 0.3 is 0 Å². The van der Waals surface area contributed by atoms with E-state index in [1.807, 2.05) is 0 Å². The number of hydrogen-bond donors (Lipinski definition) is 0. The van der Waals surface area contributed by atoms with E-state index >= 15 is 0 Å². The van der Waals surface area contributed by atoms with Crippen LogP contribution in [-0.2, 0) is 13.8 Å². The molecule has 0 unspecified atom stereocenters. The second-order valence-corrected chi connectivity index (χ2v) is 7.40. The van der Waals surface area contributed by atoms with Crippen molar-refractivity contribution in [2.45, 2.75) is 4.90 Å². The van der Waals surface area contributed by atoms with Crippen LogP contribution in [0.4, 0.5) is 0 Å². The highest BCUT2D eigenvalue weighted by molar-refractivity contribution is 9.10. The lowest BCUT2D eigenvalue weighted by molar-refractivity contribution is 0.0302. The molecule has 1 aliphatic heterocycles. The van der Waals surface area contributed by atoms with Gasteiger partial charge in [0.05, 0.1) is 23.7 Å². The molecule has 0 bridgehead atoms. The number of hydrogen-bond acceptors (Lipinski definition) is 4. The van der Waals surface area contributed by atoms with E-state index in [0.717, 1.165) is 0 Å². The summed E-state index contributed by atoms with van der Waals surface area (Å²) < 4.78 is 28.3. The second kappa shape index (κ2) is 5.78. The summed E-state index contributed by atoms with van der Waals surface area (Å²) in [6.45, 7) is 1.94. The quantitative estimate of drug-likeness (QED) is 0.747. The van der Waals surface area contributed by atoms with Gasteiger partial charge in [-0.1, -0.05) is 0 Å². The minimum absolute atomic E-state index is 0.0889. The third-order valence-corrected chi connectivity index (χ3v) is 4.79. The van der Waals surface area contributed by atoms with Crippen LogP contribution in [0.1, 0.15) is 10.4 Å². The zero-order valence-electron chi connectivity index (χ0n) is 9.80. The number of halogens is 2. The van der Waals surface area contributed by atoms with Crippen LogP contribution in [0, 0.1) is 0 Å². The van der Waals surface area contributed by atoms with E-state index in [9.17, 15) is 13.2 Å². The number of ether oxygens (including phenoxy) is 1. The minimum atomic E-state index is -3.85. The Morgan fingerprint density at radius 1 is 1.32 bits per heavy atom. The monoisotopic (exact) mass is 367 g/mol. The molecule has 2 rings (SSSR count). The van der Waals surface area contributed by atoms with E-state index in [-0.39, 0.29) is 16.4 Å². The van der Waals surface area contributed by atoms with Crippen molar-refractivity contribution in [3.63, 3.8) is 0 Å². The van der Waals surface area contributed by atoms with Crippen molar-refractivity contribution in [2.75, 3.05) is 26.3 Å². The standard InChI is InChI=1S/C11H11BrClNO4S/c12-10-2-1-8(19(13,16)17)7-9(10)11(15)14-3-5-18-6-4-14/h1-2,7H,3-6H2. The molecule has 104 valence electrons. The Morgan fingerprint density at radius 3 is 2.53 bits per heavy atom. The maximum absolute atomic E-state index is 12.3. The smallest absolute Gasteiger partial charge is 0.261 e. The van der Waals surface area contributed by atoms with Gasteiger partial charge in [-0.25, -0.2) is 8.42 Å². The van der Waals surface area contributed by atoms with E-state index in [1.54, 1.807) is 4.90 Å². The van der Waals surface area contributed by atoms with Crippen LogP contribution in [0.2, 0.25) is 0 Å². The topological polar surface area (TPSA) is 63.7 Å². The van der Waals surface area contributed by atoms with Gasteiger partial charge in [-0.3, -0.25) is 4.79 Å². The molecule has 1 amide bonds. The molecule has 1 heterocycles. The van der Waals surface area contributed by atoms with Crippen molar-refractivity contribution in [1.29, 1.82) is 0 Å². The summed E-state index contributed by atoms with van der Waals surface area (Å²) in [5, 5.41) is 0. The van der Waals surface area contributed by atoms with Gasteiger partial charge in [0.15, 0.2) is 0 Å². The maximum atomic E-state index is 12.3. The molecule has 0 aliphatic carbocycles. The summed E-state index contributed by atoms with van der Waals surface area (Å²) in [6, 6.07) is 4.13. The van der Waals surface area contributed by atoms with Crippen molar-refractivity contribution in [1.82, 2.24) is 4.90 Å². The van der Waals surface area contributed by atoms with Crippen LogP contribution in [0.15, 0.2) is 27.6 Å². The first-order valence-electron chi connectivity index (χ1n) is 5.51. The summed E-state index contributed by atoms with van der Waals surface area (Å²) >= 11 is 3.25. The fourth-order valence-electron chi connectivity index (χ4n) is 1.76. The Labute approximate surface area is 124 Å². The molecule has 1 saturated heterocycles. The van der Waals surface area contributed by atoms with E-state index in [1.165, 1.54) is 18.2 Å². The van der Waals surface area contributed by atoms with Gasteiger partial charge < -0.3 is 9.64 Å². The Morgan fingerprint density at radius 2 is 1.95 bits per heavy atom. The second-order valence-electron chi connectivity index (χ2n) is 3.98. The van der Waals surface area contributed by atoms with Crippen LogP contribution < -0.4 is 0 Å². The first kappa shape index (κ1) is 14.8. The van der Waals surface area contributed by atoms with Crippen LogP contribution in [0.25, 0.3) is 0 Å². The third-order valence-electron chi connectivity index (χ3n) is 2.75. The number of morpholine rings is 1. The Hall–Kier alpha value is -0.630. The summed E-state index contributed by atoms with van der Waals surface area (Å²) in [7, 11) is 1.43. The van der Waals surface area contributed by atoms with Gasteiger partial charge in [0, 0.05) is 28.2 Å².